The largest absolute Gasteiger partial charge is 0.342 e. The molecule has 0 aromatic carbocycles. The number of carbonyl (C=O) groups is 1. The molecule has 3 aromatic rings. The summed E-state index contributed by atoms with van der Waals surface area (Å²) < 4.78 is 3.60. The van der Waals surface area contributed by atoms with Crippen LogP contribution in [0.4, 0.5) is 0 Å². The lowest BCUT2D eigenvalue weighted by molar-refractivity contribution is 0.0930. The zero-order valence-corrected chi connectivity index (χ0v) is 13.1. The van der Waals surface area contributed by atoms with E-state index in [1.165, 1.54) is 0 Å². The highest BCUT2D eigenvalue weighted by Gasteiger charge is 2.36. The smallest absolute Gasteiger partial charge is 0.257 e. The fourth-order valence-corrected chi connectivity index (χ4v) is 2.85. The first-order valence-electron chi connectivity index (χ1n) is 7.71. The molecule has 0 saturated heterocycles. The topological polar surface area (TPSA) is 77.1 Å². The summed E-state index contributed by atoms with van der Waals surface area (Å²) in [5, 5.41) is 7.34. The number of hydrogen-bond acceptors (Lipinski definition) is 4. The quantitative estimate of drug-likeness (QED) is 0.795. The van der Waals surface area contributed by atoms with Crippen molar-refractivity contribution in [3.05, 3.63) is 47.9 Å². The molecule has 1 aliphatic rings. The minimum atomic E-state index is -0.156. The van der Waals surface area contributed by atoms with Crippen LogP contribution in [0.1, 0.15) is 40.6 Å². The van der Waals surface area contributed by atoms with Crippen LogP contribution in [0.15, 0.2) is 31.0 Å². The van der Waals surface area contributed by atoms with Crippen LogP contribution in [0.5, 0.6) is 0 Å². The molecular formula is C16H18N6O. The fourth-order valence-electron chi connectivity index (χ4n) is 2.85. The van der Waals surface area contributed by atoms with E-state index in [1.807, 2.05) is 30.9 Å². The molecule has 3 heterocycles. The molecule has 1 amide bonds. The van der Waals surface area contributed by atoms with Gasteiger partial charge in [0.1, 0.15) is 11.4 Å². The van der Waals surface area contributed by atoms with Crippen LogP contribution in [0.25, 0.3) is 5.65 Å². The Morgan fingerprint density at radius 2 is 2.17 bits per heavy atom. The lowest BCUT2D eigenvalue weighted by Gasteiger charge is -2.17. The van der Waals surface area contributed by atoms with Gasteiger partial charge in [0, 0.05) is 31.8 Å². The monoisotopic (exact) mass is 310 g/mol. The lowest BCUT2D eigenvalue weighted by atomic mass is 10.1. The van der Waals surface area contributed by atoms with Gasteiger partial charge in [-0.25, -0.2) is 14.5 Å². The van der Waals surface area contributed by atoms with E-state index in [0.29, 0.717) is 17.1 Å². The van der Waals surface area contributed by atoms with Crippen molar-refractivity contribution in [2.24, 2.45) is 13.0 Å². The van der Waals surface area contributed by atoms with Crippen molar-refractivity contribution < 1.29 is 4.79 Å². The molecule has 1 atom stereocenters. The Kier molecular flexibility index (Phi) is 3.14. The first kappa shape index (κ1) is 13.9. The Morgan fingerprint density at radius 3 is 2.87 bits per heavy atom. The van der Waals surface area contributed by atoms with Crippen LogP contribution in [0, 0.1) is 12.8 Å². The summed E-state index contributed by atoms with van der Waals surface area (Å²) in [5.74, 6) is 1.19. The van der Waals surface area contributed by atoms with Crippen molar-refractivity contribution in [1.29, 1.82) is 0 Å². The predicted molar refractivity (Wildman–Crippen MR) is 83.9 cm³/mol. The Bertz CT molecular complexity index is 876. The van der Waals surface area contributed by atoms with Gasteiger partial charge in [0.05, 0.1) is 12.2 Å². The number of rotatable bonds is 4. The summed E-state index contributed by atoms with van der Waals surface area (Å²) in [6.45, 7) is 1.94. The number of aromatic nitrogens is 5. The number of hydrogen-bond donors (Lipinski definition) is 1. The van der Waals surface area contributed by atoms with Gasteiger partial charge < -0.3 is 9.88 Å². The molecule has 1 N–H and O–H groups in total. The molecule has 3 aromatic heterocycles. The van der Waals surface area contributed by atoms with Crippen LogP contribution in [-0.2, 0) is 7.05 Å². The third kappa shape index (κ3) is 2.48. The maximum atomic E-state index is 12.7. The lowest BCUT2D eigenvalue weighted by Crippen LogP contribution is -2.31. The van der Waals surface area contributed by atoms with Gasteiger partial charge in [-0.2, -0.15) is 5.10 Å². The molecule has 4 rings (SSSR count). The van der Waals surface area contributed by atoms with E-state index in [1.54, 1.807) is 23.1 Å². The fraction of sp³-hybridized carbons (Fsp3) is 0.375. The molecule has 7 heteroatoms. The third-order valence-corrected chi connectivity index (χ3v) is 4.25. The Hall–Kier alpha value is -2.70. The molecule has 1 saturated carbocycles. The second-order valence-electron chi connectivity index (χ2n) is 6.14. The van der Waals surface area contributed by atoms with E-state index in [0.717, 1.165) is 24.2 Å². The molecule has 23 heavy (non-hydrogen) atoms. The van der Waals surface area contributed by atoms with Gasteiger partial charge in [0.2, 0.25) is 0 Å². The van der Waals surface area contributed by atoms with Gasteiger partial charge in [-0.1, -0.05) is 0 Å². The van der Waals surface area contributed by atoms with Crippen LogP contribution in [-0.4, -0.2) is 30.1 Å². The number of amides is 1. The second kappa shape index (κ2) is 5.19. The first-order chi connectivity index (χ1) is 11.1. The summed E-state index contributed by atoms with van der Waals surface area (Å²) in [5.41, 5.74) is 2.06. The summed E-state index contributed by atoms with van der Waals surface area (Å²) >= 11 is 0. The number of imidazole rings is 1. The Morgan fingerprint density at radius 1 is 1.35 bits per heavy atom. The summed E-state index contributed by atoms with van der Waals surface area (Å²) in [7, 11) is 1.95. The van der Waals surface area contributed by atoms with Gasteiger partial charge in [0.15, 0.2) is 5.65 Å². The van der Waals surface area contributed by atoms with Gasteiger partial charge >= 0.3 is 0 Å². The van der Waals surface area contributed by atoms with E-state index in [4.69, 9.17) is 0 Å². The standard InChI is InChI=1S/C16H18N6O/c1-10-7-18-14-12(8-19-22(14)9-10)16(23)20-13(11-3-4-11)15-17-5-6-21(15)2/h5-9,11,13H,3-4H2,1-2H3,(H,20,23)/t13-/m1/s1. The van der Waals surface area contributed by atoms with Crippen molar-refractivity contribution >= 4 is 11.6 Å². The first-order valence-corrected chi connectivity index (χ1v) is 7.71. The molecule has 1 aliphatic carbocycles. The molecule has 0 unspecified atom stereocenters. The average molecular weight is 310 g/mol. The molecular weight excluding hydrogens is 292 g/mol. The predicted octanol–water partition coefficient (Wildman–Crippen LogP) is 1.65. The van der Waals surface area contributed by atoms with Gasteiger partial charge in [-0.05, 0) is 31.2 Å². The number of carbonyl (C=O) groups excluding carboxylic acids is 1. The minimum absolute atomic E-state index is 0.0668. The van der Waals surface area contributed by atoms with Gasteiger partial charge in [0.25, 0.3) is 5.91 Å². The molecule has 0 spiro atoms. The van der Waals surface area contributed by atoms with Crippen LogP contribution >= 0.6 is 0 Å². The molecule has 0 bridgehead atoms. The summed E-state index contributed by atoms with van der Waals surface area (Å²) in [4.78, 5) is 21.4. The number of fused-ring (bicyclic) bond motifs is 1. The Labute approximate surface area is 133 Å². The molecule has 118 valence electrons. The van der Waals surface area contributed by atoms with Gasteiger partial charge in [-0.15, -0.1) is 0 Å². The van der Waals surface area contributed by atoms with E-state index in [9.17, 15) is 4.79 Å². The van der Waals surface area contributed by atoms with E-state index >= 15 is 0 Å². The minimum Gasteiger partial charge on any atom is -0.342 e. The van der Waals surface area contributed by atoms with Crippen molar-refractivity contribution in [2.75, 3.05) is 0 Å². The average Bonchev–Trinajstić information content (AvgIpc) is 3.15. The van der Waals surface area contributed by atoms with Gasteiger partial charge in [-0.3, -0.25) is 4.79 Å². The molecule has 7 nitrogen and oxygen atoms in total. The molecule has 0 aliphatic heterocycles. The highest BCUT2D eigenvalue weighted by molar-refractivity contribution is 5.99. The number of aryl methyl sites for hydroxylation is 2. The number of nitrogens with one attached hydrogen (secondary N) is 1. The van der Waals surface area contributed by atoms with Crippen molar-refractivity contribution in [3.8, 4) is 0 Å². The highest BCUT2D eigenvalue weighted by Crippen LogP contribution is 2.40. The zero-order chi connectivity index (χ0) is 16.0. The number of nitrogens with zero attached hydrogens (tertiary/aromatic N) is 5. The SMILES string of the molecule is Cc1cnc2c(C(=O)N[C@@H](c3nccn3C)C3CC3)cnn2c1. The summed E-state index contributed by atoms with van der Waals surface area (Å²) in [6, 6.07) is -0.0668. The van der Waals surface area contributed by atoms with E-state index in [2.05, 4.69) is 20.4 Å². The van der Waals surface area contributed by atoms with Crippen LogP contribution < -0.4 is 5.32 Å². The Balaban J connectivity index is 1.64. The molecule has 1 fully saturated rings. The van der Waals surface area contributed by atoms with Crippen molar-refractivity contribution in [3.63, 3.8) is 0 Å². The second-order valence-corrected chi connectivity index (χ2v) is 6.14. The van der Waals surface area contributed by atoms with Crippen molar-refractivity contribution in [2.45, 2.75) is 25.8 Å². The van der Waals surface area contributed by atoms with Crippen molar-refractivity contribution in [1.82, 2.24) is 29.5 Å². The maximum Gasteiger partial charge on any atom is 0.257 e. The summed E-state index contributed by atoms with van der Waals surface area (Å²) in [6.07, 6.45) is 11.1. The highest BCUT2D eigenvalue weighted by atomic mass is 16.1. The normalized spacial score (nSPS) is 15.7. The third-order valence-electron chi connectivity index (χ3n) is 4.25. The molecule has 0 radical (unpaired) electrons. The van der Waals surface area contributed by atoms with E-state index in [-0.39, 0.29) is 11.9 Å². The van der Waals surface area contributed by atoms with Crippen LogP contribution in [0.2, 0.25) is 0 Å². The van der Waals surface area contributed by atoms with E-state index < -0.39 is 0 Å². The zero-order valence-electron chi connectivity index (χ0n) is 13.1. The van der Waals surface area contributed by atoms with Crippen LogP contribution in [0.3, 0.4) is 0 Å². The maximum absolute atomic E-state index is 12.7.